The van der Waals surface area contributed by atoms with Gasteiger partial charge in [0, 0.05) is 25.4 Å². The van der Waals surface area contributed by atoms with Gasteiger partial charge >= 0.3 is 5.97 Å². The standard InChI is InChI=1S/C10H17NO3/c1-7(2)11-4-3-8(5-9(11)12)6-10(13)14/h7-8H,3-6H2,1-2H3,(H,13,14). The van der Waals surface area contributed by atoms with Gasteiger partial charge in [0.15, 0.2) is 0 Å². The van der Waals surface area contributed by atoms with Gasteiger partial charge in [-0.05, 0) is 26.2 Å². The number of piperidine rings is 1. The zero-order valence-electron chi connectivity index (χ0n) is 8.69. The van der Waals surface area contributed by atoms with Crippen LogP contribution in [0.15, 0.2) is 0 Å². The van der Waals surface area contributed by atoms with Crippen molar-refractivity contribution >= 4 is 11.9 Å². The number of aliphatic carboxylic acids is 1. The largest absolute Gasteiger partial charge is 0.481 e. The topological polar surface area (TPSA) is 57.6 Å². The number of likely N-dealkylation sites (tertiary alicyclic amines) is 1. The average molecular weight is 199 g/mol. The molecule has 4 nitrogen and oxygen atoms in total. The Kier molecular flexibility index (Phi) is 3.49. The molecule has 1 heterocycles. The fraction of sp³-hybridized carbons (Fsp3) is 0.800. The number of nitrogens with zero attached hydrogens (tertiary/aromatic N) is 1. The molecular weight excluding hydrogens is 182 g/mol. The van der Waals surface area contributed by atoms with Gasteiger partial charge in [0.1, 0.15) is 0 Å². The first-order chi connectivity index (χ1) is 6.50. The molecule has 0 aromatic carbocycles. The maximum absolute atomic E-state index is 11.6. The molecule has 1 atom stereocenters. The van der Waals surface area contributed by atoms with Gasteiger partial charge in [-0.1, -0.05) is 0 Å². The summed E-state index contributed by atoms with van der Waals surface area (Å²) in [4.78, 5) is 23.8. The quantitative estimate of drug-likeness (QED) is 0.740. The monoisotopic (exact) mass is 199 g/mol. The second-order valence-electron chi connectivity index (χ2n) is 4.14. The molecule has 0 aromatic rings. The van der Waals surface area contributed by atoms with E-state index in [-0.39, 0.29) is 24.3 Å². The minimum absolute atomic E-state index is 0.0370. The zero-order chi connectivity index (χ0) is 10.7. The van der Waals surface area contributed by atoms with Crippen LogP contribution < -0.4 is 0 Å². The molecule has 1 N–H and O–H groups in total. The Hall–Kier alpha value is -1.06. The van der Waals surface area contributed by atoms with Crippen molar-refractivity contribution in [1.29, 1.82) is 0 Å². The Morgan fingerprint density at radius 1 is 1.64 bits per heavy atom. The third-order valence-electron chi connectivity index (χ3n) is 2.65. The summed E-state index contributed by atoms with van der Waals surface area (Å²) in [7, 11) is 0. The minimum atomic E-state index is -0.805. The summed E-state index contributed by atoms with van der Waals surface area (Å²) in [5.41, 5.74) is 0. The average Bonchev–Trinajstić information content (AvgIpc) is 2.01. The normalized spacial score (nSPS) is 22.9. The third-order valence-corrected chi connectivity index (χ3v) is 2.65. The maximum atomic E-state index is 11.6. The van der Waals surface area contributed by atoms with Crippen LogP contribution in [0.3, 0.4) is 0 Å². The van der Waals surface area contributed by atoms with Crippen molar-refractivity contribution in [2.45, 2.75) is 39.2 Å². The molecule has 1 aliphatic heterocycles. The van der Waals surface area contributed by atoms with Crippen molar-refractivity contribution in [3.63, 3.8) is 0 Å². The predicted octanol–water partition coefficient (Wildman–Crippen LogP) is 1.11. The predicted molar refractivity (Wildman–Crippen MR) is 51.8 cm³/mol. The number of carbonyl (C=O) groups excluding carboxylic acids is 1. The molecule has 0 radical (unpaired) electrons. The number of hydrogen-bond donors (Lipinski definition) is 1. The smallest absolute Gasteiger partial charge is 0.303 e. The molecule has 0 saturated carbocycles. The maximum Gasteiger partial charge on any atom is 0.303 e. The first kappa shape index (κ1) is 11.0. The molecule has 4 heteroatoms. The highest BCUT2D eigenvalue weighted by atomic mass is 16.4. The molecule has 0 spiro atoms. The molecule has 1 rings (SSSR count). The highest BCUT2D eigenvalue weighted by Crippen LogP contribution is 2.22. The van der Waals surface area contributed by atoms with Crippen LogP contribution in [0.4, 0.5) is 0 Å². The second-order valence-corrected chi connectivity index (χ2v) is 4.14. The zero-order valence-corrected chi connectivity index (χ0v) is 8.69. The first-order valence-corrected chi connectivity index (χ1v) is 5.02. The Balaban J connectivity index is 2.47. The Morgan fingerprint density at radius 2 is 2.29 bits per heavy atom. The van der Waals surface area contributed by atoms with Gasteiger partial charge in [0.25, 0.3) is 0 Å². The number of hydrogen-bond acceptors (Lipinski definition) is 2. The first-order valence-electron chi connectivity index (χ1n) is 5.02. The molecule has 1 amide bonds. The molecule has 1 saturated heterocycles. The van der Waals surface area contributed by atoms with Crippen LogP contribution >= 0.6 is 0 Å². The lowest BCUT2D eigenvalue weighted by molar-refractivity contribution is -0.141. The van der Waals surface area contributed by atoms with E-state index in [1.165, 1.54) is 0 Å². The second kappa shape index (κ2) is 4.44. The number of carboxylic acid groups (broad SMARTS) is 1. The van der Waals surface area contributed by atoms with Crippen molar-refractivity contribution in [2.24, 2.45) is 5.92 Å². The van der Waals surface area contributed by atoms with E-state index in [1.54, 1.807) is 0 Å². The summed E-state index contributed by atoms with van der Waals surface area (Å²) in [5.74, 6) is -0.673. The molecule has 80 valence electrons. The lowest BCUT2D eigenvalue weighted by Gasteiger charge is -2.34. The Morgan fingerprint density at radius 3 is 2.71 bits per heavy atom. The summed E-state index contributed by atoms with van der Waals surface area (Å²) in [6.07, 6.45) is 1.33. The van der Waals surface area contributed by atoms with Gasteiger partial charge < -0.3 is 10.0 Å². The lowest BCUT2D eigenvalue weighted by atomic mass is 9.92. The van der Waals surface area contributed by atoms with Crippen LogP contribution in [0.25, 0.3) is 0 Å². The molecule has 1 fully saturated rings. The van der Waals surface area contributed by atoms with Crippen LogP contribution in [0, 0.1) is 5.92 Å². The lowest BCUT2D eigenvalue weighted by Crippen LogP contribution is -2.43. The molecule has 14 heavy (non-hydrogen) atoms. The fourth-order valence-corrected chi connectivity index (χ4v) is 1.88. The Labute approximate surface area is 83.9 Å². The van der Waals surface area contributed by atoms with E-state index < -0.39 is 5.97 Å². The van der Waals surface area contributed by atoms with E-state index in [4.69, 9.17) is 5.11 Å². The molecule has 0 aromatic heterocycles. The highest BCUT2D eigenvalue weighted by molar-refractivity contribution is 5.78. The number of amides is 1. The van der Waals surface area contributed by atoms with Crippen molar-refractivity contribution in [1.82, 2.24) is 4.90 Å². The number of rotatable bonds is 3. The number of carboxylic acids is 1. The summed E-state index contributed by atoms with van der Waals surface area (Å²) in [6, 6.07) is 0.230. The van der Waals surface area contributed by atoms with Gasteiger partial charge in [-0.2, -0.15) is 0 Å². The van der Waals surface area contributed by atoms with E-state index in [0.717, 1.165) is 6.42 Å². The SMILES string of the molecule is CC(C)N1CCC(CC(=O)O)CC1=O. The van der Waals surface area contributed by atoms with Crippen LogP contribution in [-0.4, -0.2) is 34.5 Å². The minimum Gasteiger partial charge on any atom is -0.481 e. The summed E-state index contributed by atoms with van der Waals surface area (Å²) >= 11 is 0. The molecule has 1 aliphatic rings. The van der Waals surface area contributed by atoms with Gasteiger partial charge in [-0.25, -0.2) is 0 Å². The summed E-state index contributed by atoms with van der Waals surface area (Å²) in [6.45, 7) is 4.67. The van der Waals surface area contributed by atoms with E-state index in [0.29, 0.717) is 13.0 Å². The fourth-order valence-electron chi connectivity index (χ4n) is 1.88. The van der Waals surface area contributed by atoms with Crippen LogP contribution in [0.1, 0.15) is 33.1 Å². The van der Waals surface area contributed by atoms with Gasteiger partial charge in [-0.15, -0.1) is 0 Å². The third kappa shape index (κ3) is 2.72. The van der Waals surface area contributed by atoms with E-state index in [1.807, 2.05) is 18.7 Å². The molecule has 1 unspecified atom stereocenters. The van der Waals surface area contributed by atoms with Crippen molar-refractivity contribution in [3.05, 3.63) is 0 Å². The van der Waals surface area contributed by atoms with Gasteiger partial charge in [0.05, 0.1) is 0 Å². The van der Waals surface area contributed by atoms with Crippen LogP contribution in [-0.2, 0) is 9.59 Å². The summed E-state index contributed by atoms with van der Waals surface area (Å²) < 4.78 is 0. The molecule has 0 aliphatic carbocycles. The molecule has 0 bridgehead atoms. The van der Waals surface area contributed by atoms with E-state index >= 15 is 0 Å². The highest BCUT2D eigenvalue weighted by Gasteiger charge is 2.28. The van der Waals surface area contributed by atoms with Crippen molar-refractivity contribution < 1.29 is 14.7 Å². The number of carbonyl (C=O) groups is 2. The Bertz CT molecular complexity index is 238. The van der Waals surface area contributed by atoms with Crippen LogP contribution in [0.2, 0.25) is 0 Å². The van der Waals surface area contributed by atoms with Gasteiger partial charge in [-0.3, -0.25) is 9.59 Å². The van der Waals surface area contributed by atoms with Crippen LogP contribution in [0.5, 0.6) is 0 Å². The summed E-state index contributed by atoms with van der Waals surface area (Å²) in [5, 5.41) is 8.60. The van der Waals surface area contributed by atoms with E-state index in [9.17, 15) is 9.59 Å². The van der Waals surface area contributed by atoms with Crippen molar-refractivity contribution in [3.8, 4) is 0 Å². The molecular formula is C10H17NO3. The van der Waals surface area contributed by atoms with E-state index in [2.05, 4.69) is 0 Å². The van der Waals surface area contributed by atoms with Crippen molar-refractivity contribution in [2.75, 3.05) is 6.54 Å². The van der Waals surface area contributed by atoms with Gasteiger partial charge in [0.2, 0.25) is 5.91 Å².